The van der Waals surface area contributed by atoms with Crippen LogP contribution < -0.4 is 10.5 Å². The third-order valence-corrected chi connectivity index (χ3v) is 2.37. The van der Waals surface area contributed by atoms with Crippen molar-refractivity contribution in [3.05, 3.63) is 17.1 Å². The van der Waals surface area contributed by atoms with Crippen LogP contribution in [0, 0.1) is 0 Å². The fourth-order valence-electron chi connectivity index (χ4n) is 1.70. The molecule has 1 aliphatic rings. The maximum absolute atomic E-state index is 5.53. The normalized spacial score (nSPS) is 14.3. The maximum Gasteiger partial charge on any atom is 0.220 e. The fraction of sp³-hybridized carbons (Fsp3) is 0.600. The quantitative estimate of drug-likeness (QED) is 0.761. The molecular formula is C10H15N3O. The summed E-state index contributed by atoms with van der Waals surface area (Å²) < 4.78 is 5.43. The van der Waals surface area contributed by atoms with Gasteiger partial charge < -0.3 is 10.5 Å². The summed E-state index contributed by atoms with van der Waals surface area (Å²) in [6, 6.07) is 0. The highest BCUT2D eigenvalue weighted by atomic mass is 16.5. The molecule has 0 saturated heterocycles. The molecular weight excluding hydrogens is 178 g/mol. The molecule has 0 amide bonds. The Balaban J connectivity index is 2.52. The number of nitrogens with two attached hydrogens (primary N) is 1. The topological polar surface area (TPSA) is 61.0 Å². The van der Waals surface area contributed by atoms with Crippen molar-refractivity contribution in [1.29, 1.82) is 0 Å². The first-order valence-corrected chi connectivity index (χ1v) is 4.95. The molecule has 0 saturated carbocycles. The van der Waals surface area contributed by atoms with E-state index in [-0.39, 0.29) is 0 Å². The predicted molar refractivity (Wildman–Crippen MR) is 53.2 cm³/mol. The molecule has 4 heteroatoms. The lowest BCUT2D eigenvalue weighted by Gasteiger charge is -2.10. The first-order valence-electron chi connectivity index (χ1n) is 4.95. The zero-order valence-electron chi connectivity index (χ0n) is 8.58. The molecule has 0 fully saturated rings. The van der Waals surface area contributed by atoms with Crippen LogP contribution in [0.2, 0.25) is 0 Å². The molecule has 1 aromatic rings. The molecule has 2 heterocycles. The van der Waals surface area contributed by atoms with E-state index in [2.05, 4.69) is 23.8 Å². The summed E-state index contributed by atoms with van der Waals surface area (Å²) in [5.41, 5.74) is 7.79. The largest absolute Gasteiger partial charge is 0.477 e. The van der Waals surface area contributed by atoms with Crippen molar-refractivity contribution in [2.24, 2.45) is 5.73 Å². The van der Waals surface area contributed by atoms with E-state index in [4.69, 9.17) is 10.5 Å². The van der Waals surface area contributed by atoms with E-state index in [0.717, 1.165) is 30.2 Å². The Hall–Kier alpha value is -1.16. The van der Waals surface area contributed by atoms with E-state index < -0.39 is 0 Å². The van der Waals surface area contributed by atoms with E-state index in [0.29, 0.717) is 18.3 Å². The van der Waals surface area contributed by atoms with Gasteiger partial charge in [-0.2, -0.15) is 4.98 Å². The Morgan fingerprint density at radius 1 is 1.43 bits per heavy atom. The highest BCUT2D eigenvalue weighted by Crippen LogP contribution is 2.29. The highest BCUT2D eigenvalue weighted by Gasteiger charge is 2.21. The van der Waals surface area contributed by atoms with Crippen LogP contribution in [0.5, 0.6) is 5.88 Å². The SMILES string of the molecule is CC(C)c1nc(CN)nc2c1CCO2. The van der Waals surface area contributed by atoms with Crippen molar-refractivity contribution in [2.75, 3.05) is 6.61 Å². The van der Waals surface area contributed by atoms with Crippen molar-refractivity contribution in [2.45, 2.75) is 32.7 Å². The summed E-state index contributed by atoms with van der Waals surface area (Å²) in [6.45, 7) is 5.34. The Bertz CT molecular complexity index is 349. The summed E-state index contributed by atoms with van der Waals surface area (Å²) in [4.78, 5) is 8.70. The Morgan fingerprint density at radius 2 is 2.21 bits per heavy atom. The number of hydrogen-bond acceptors (Lipinski definition) is 4. The zero-order chi connectivity index (χ0) is 10.1. The zero-order valence-corrected chi connectivity index (χ0v) is 8.58. The average molecular weight is 193 g/mol. The van der Waals surface area contributed by atoms with Gasteiger partial charge in [0.25, 0.3) is 0 Å². The minimum absolute atomic E-state index is 0.371. The van der Waals surface area contributed by atoms with Gasteiger partial charge in [-0.3, -0.25) is 0 Å². The first kappa shape index (κ1) is 9.40. The summed E-state index contributed by atoms with van der Waals surface area (Å²) in [6.07, 6.45) is 0.924. The second-order valence-electron chi connectivity index (χ2n) is 3.77. The second-order valence-corrected chi connectivity index (χ2v) is 3.77. The number of rotatable bonds is 2. The van der Waals surface area contributed by atoms with Crippen molar-refractivity contribution in [3.63, 3.8) is 0 Å². The Labute approximate surface area is 83.5 Å². The molecule has 0 aliphatic carbocycles. The van der Waals surface area contributed by atoms with E-state index in [1.165, 1.54) is 0 Å². The van der Waals surface area contributed by atoms with Gasteiger partial charge in [0.2, 0.25) is 5.88 Å². The molecule has 0 atom stereocenters. The van der Waals surface area contributed by atoms with Crippen molar-refractivity contribution in [3.8, 4) is 5.88 Å². The van der Waals surface area contributed by atoms with Crippen molar-refractivity contribution < 1.29 is 4.74 Å². The van der Waals surface area contributed by atoms with Crippen LogP contribution in [0.1, 0.15) is 36.8 Å². The minimum Gasteiger partial charge on any atom is -0.477 e. The number of hydrogen-bond donors (Lipinski definition) is 1. The minimum atomic E-state index is 0.371. The predicted octanol–water partition coefficient (Wildman–Crippen LogP) is 0.994. The molecule has 0 aromatic carbocycles. The van der Waals surface area contributed by atoms with Gasteiger partial charge in [0.05, 0.1) is 18.8 Å². The lowest BCUT2D eigenvalue weighted by atomic mass is 10.0. The molecule has 14 heavy (non-hydrogen) atoms. The van der Waals surface area contributed by atoms with Crippen LogP contribution in [0.15, 0.2) is 0 Å². The Morgan fingerprint density at radius 3 is 2.86 bits per heavy atom. The van der Waals surface area contributed by atoms with Gasteiger partial charge in [-0.25, -0.2) is 4.98 Å². The van der Waals surface area contributed by atoms with Gasteiger partial charge in [0.15, 0.2) is 0 Å². The monoisotopic (exact) mass is 193 g/mol. The Kier molecular flexibility index (Phi) is 2.37. The standard InChI is InChI=1S/C10H15N3O/c1-6(2)9-7-3-4-14-10(7)13-8(5-11)12-9/h6H,3-5,11H2,1-2H3. The van der Waals surface area contributed by atoms with Crippen LogP contribution in [0.25, 0.3) is 0 Å². The molecule has 76 valence electrons. The third kappa shape index (κ3) is 1.46. The molecule has 0 bridgehead atoms. The van der Waals surface area contributed by atoms with Gasteiger partial charge in [-0.1, -0.05) is 13.8 Å². The van der Waals surface area contributed by atoms with Crippen LogP contribution >= 0.6 is 0 Å². The molecule has 2 rings (SSSR count). The van der Waals surface area contributed by atoms with E-state index >= 15 is 0 Å². The van der Waals surface area contributed by atoms with E-state index in [1.54, 1.807) is 0 Å². The first-order chi connectivity index (χ1) is 6.72. The molecule has 4 nitrogen and oxygen atoms in total. The van der Waals surface area contributed by atoms with Gasteiger partial charge in [0, 0.05) is 12.0 Å². The van der Waals surface area contributed by atoms with Crippen LogP contribution in [0.3, 0.4) is 0 Å². The highest BCUT2D eigenvalue weighted by molar-refractivity contribution is 5.35. The molecule has 0 spiro atoms. The lowest BCUT2D eigenvalue weighted by Crippen LogP contribution is -2.08. The smallest absolute Gasteiger partial charge is 0.220 e. The number of ether oxygens (including phenoxy) is 1. The molecule has 1 aromatic heterocycles. The van der Waals surface area contributed by atoms with Crippen molar-refractivity contribution in [1.82, 2.24) is 9.97 Å². The summed E-state index contributed by atoms with van der Waals surface area (Å²) in [5.74, 6) is 1.82. The number of aromatic nitrogens is 2. The molecule has 1 aliphatic heterocycles. The maximum atomic E-state index is 5.53. The molecule has 0 radical (unpaired) electrons. The van der Waals surface area contributed by atoms with Crippen LogP contribution in [0.4, 0.5) is 0 Å². The molecule has 2 N–H and O–H groups in total. The summed E-state index contributed by atoms with van der Waals surface area (Å²) >= 11 is 0. The average Bonchev–Trinajstić information content (AvgIpc) is 2.63. The van der Waals surface area contributed by atoms with Crippen LogP contribution in [-0.4, -0.2) is 16.6 Å². The summed E-state index contributed by atoms with van der Waals surface area (Å²) in [7, 11) is 0. The van der Waals surface area contributed by atoms with Gasteiger partial charge in [-0.05, 0) is 5.92 Å². The van der Waals surface area contributed by atoms with Crippen LogP contribution in [-0.2, 0) is 13.0 Å². The summed E-state index contributed by atoms with van der Waals surface area (Å²) in [5, 5.41) is 0. The van der Waals surface area contributed by atoms with Gasteiger partial charge in [0.1, 0.15) is 5.82 Å². The fourth-order valence-corrected chi connectivity index (χ4v) is 1.70. The van der Waals surface area contributed by atoms with E-state index in [9.17, 15) is 0 Å². The molecule has 0 unspecified atom stereocenters. The van der Waals surface area contributed by atoms with Gasteiger partial charge in [-0.15, -0.1) is 0 Å². The second kappa shape index (κ2) is 3.53. The number of nitrogens with zero attached hydrogens (tertiary/aromatic N) is 2. The van der Waals surface area contributed by atoms with Crippen molar-refractivity contribution >= 4 is 0 Å². The third-order valence-electron chi connectivity index (χ3n) is 2.37. The van der Waals surface area contributed by atoms with Gasteiger partial charge >= 0.3 is 0 Å². The van der Waals surface area contributed by atoms with E-state index in [1.807, 2.05) is 0 Å². The lowest BCUT2D eigenvalue weighted by molar-refractivity contribution is 0.343. The number of fused-ring (bicyclic) bond motifs is 1.